The van der Waals surface area contributed by atoms with Gasteiger partial charge in [0.15, 0.2) is 0 Å². The van der Waals surface area contributed by atoms with Crippen LogP contribution in [0.25, 0.3) is 0 Å². The van der Waals surface area contributed by atoms with Crippen molar-refractivity contribution < 1.29 is 4.42 Å². The highest BCUT2D eigenvalue weighted by atomic mass is 16.3. The molecule has 5 nitrogen and oxygen atoms in total. The summed E-state index contributed by atoms with van der Waals surface area (Å²) in [6.45, 7) is 1.26. The van der Waals surface area contributed by atoms with E-state index in [1.54, 1.807) is 18.3 Å². The molecule has 0 bridgehead atoms. The summed E-state index contributed by atoms with van der Waals surface area (Å²) in [4.78, 5) is 4.19. The van der Waals surface area contributed by atoms with Gasteiger partial charge in [0.2, 0.25) is 5.76 Å². The monoisotopic (exact) mass is 216 g/mol. The summed E-state index contributed by atoms with van der Waals surface area (Å²) in [6.07, 6.45) is 3.66. The molecule has 1 N–H and O–H groups in total. The van der Waals surface area contributed by atoms with Crippen molar-refractivity contribution in [3.8, 4) is 6.07 Å². The predicted octanol–water partition coefficient (Wildman–Crippen LogP) is 1.17. The molecule has 0 aliphatic heterocycles. The third-order valence-electron chi connectivity index (χ3n) is 2.28. The number of aryl methyl sites for hydroxylation is 1. The third-order valence-corrected chi connectivity index (χ3v) is 2.28. The number of nitriles is 1. The summed E-state index contributed by atoms with van der Waals surface area (Å²) in [5.74, 6) is 2.06. The molecule has 0 aromatic carbocycles. The largest absolute Gasteiger partial charge is 0.449 e. The van der Waals surface area contributed by atoms with E-state index < -0.39 is 0 Å². The summed E-state index contributed by atoms with van der Waals surface area (Å²) in [6, 6.07) is 5.41. The minimum absolute atomic E-state index is 0.341. The summed E-state index contributed by atoms with van der Waals surface area (Å²) in [5.41, 5.74) is 0. The van der Waals surface area contributed by atoms with Gasteiger partial charge < -0.3 is 14.3 Å². The van der Waals surface area contributed by atoms with E-state index >= 15 is 0 Å². The number of nitrogens with one attached hydrogen (secondary N) is 1. The molecule has 0 aliphatic carbocycles. The van der Waals surface area contributed by atoms with Crippen LogP contribution in [-0.4, -0.2) is 9.55 Å². The summed E-state index contributed by atoms with van der Waals surface area (Å²) in [5, 5.41) is 11.8. The number of aromatic nitrogens is 2. The van der Waals surface area contributed by atoms with E-state index in [0.29, 0.717) is 18.8 Å². The molecule has 0 spiro atoms. The Morgan fingerprint density at radius 1 is 1.50 bits per heavy atom. The van der Waals surface area contributed by atoms with Crippen molar-refractivity contribution in [1.29, 1.82) is 5.26 Å². The molecule has 2 aromatic heterocycles. The second-order valence-electron chi connectivity index (χ2n) is 3.44. The first kappa shape index (κ1) is 10.5. The van der Waals surface area contributed by atoms with E-state index in [2.05, 4.69) is 10.3 Å². The first-order valence-corrected chi connectivity index (χ1v) is 4.95. The SMILES string of the molecule is Cn1ccnc1CNCc1ccc(C#N)o1. The maximum absolute atomic E-state index is 8.59. The van der Waals surface area contributed by atoms with E-state index in [0.717, 1.165) is 11.6 Å². The molecule has 0 atom stereocenters. The molecule has 2 rings (SSSR count). The quantitative estimate of drug-likeness (QED) is 0.833. The Bertz CT molecular complexity index is 506. The van der Waals surface area contributed by atoms with Gasteiger partial charge in [-0.2, -0.15) is 5.26 Å². The fraction of sp³-hybridized carbons (Fsp3) is 0.273. The molecule has 0 saturated heterocycles. The van der Waals surface area contributed by atoms with E-state index in [9.17, 15) is 0 Å². The standard InChI is InChI=1S/C11H12N4O/c1-15-5-4-14-11(15)8-13-7-10-3-2-9(6-12)16-10/h2-5,13H,7-8H2,1H3. The summed E-state index contributed by atoms with van der Waals surface area (Å²) in [7, 11) is 1.95. The molecule has 16 heavy (non-hydrogen) atoms. The second-order valence-corrected chi connectivity index (χ2v) is 3.44. The average molecular weight is 216 g/mol. The zero-order chi connectivity index (χ0) is 11.4. The van der Waals surface area contributed by atoms with Crippen LogP contribution >= 0.6 is 0 Å². The van der Waals surface area contributed by atoms with Crippen molar-refractivity contribution in [2.24, 2.45) is 7.05 Å². The van der Waals surface area contributed by atoms with Crippen LogP contribution in [0.15, 0.2) is 28.9 Å². The maximum Gasteiger partial charge on any atom is 0.203 e. The highest BCUT2D eigenvalue weighted by Crippen LogP contribution is 2.06. The number of imidazole rings is 1. The molecule has 0 radical (unpaired) electrons. The Hall–Kier alpha value is -2.06. The summed E-state index contributed by atoms with van der Waals surface area (Å²) < 4.78 is 7.19. The van der Waals surface area contributed by atoms with Crippen molar-refractivity contribution in [2.45, 2.75) is 13.1 Å². The lowest BCUT2D eigenvalue weighted by Gasteiger charge is -2.02. The zero-order valence-electron chi connectivity index (χ0n) is 8.97. The van der Waals surface area contributed by atoms with Crippen LogP contribution in [0.3, 0.4) is 0 Å². The van der Waals surface area contributed by atoms with Crippen LogP contribution in [0.2, 0.25) is 0 Å². The lowest BCUT2D eigenvalue weighted by Crippen LogP contribution is -2.15. The fourth-order valence-electron chi connectivity index (χ4n) is 1.40. The van der Waals surface area contributed by atoms with Crippen LogP contribution < -0.4 is 5.32 Å². The molecule has 0 unspecified atom stereocenters. The maximum atomic E-state index is 8.59. The molecule has 2 aromatic rings. The lowest BCUT2D eigenvalue weighted by atomic mass is 10.4. The molecule has 5 heteroatoms. The lowest BCUT2D eigenvalue weighted by molar-refractivity contribution is 0.470. The van der Waals surface area contributed by atoms with Gasteiger partial charge in [-0.05, 0) is 12.1 Å². The van der Waals surface area contributed by atoms with Crippen molar-refractivity contribution >= 4 is 0 Å². The molecule has 0 amide bonds. The van der Waals surface area contributed by atoms with Crippen LogP contribution in [0.5, 0.6) is 0 Å². The van der Waals surface area contributed by atoms with Crippen molar-refractivity contribution in [1.82, 2.24) is 14.9 Å². The number of hydrogen-bond acceptors (Lipinski definition) is 4. The van der Waals surface area contributed by atoms with E-state index in [-0.39, 0.29) is 0 Å². The van der Waals surface area contributed by atoms with Gasteiger partial charge in [0.25, 0.3) is 0 Å². The van der Waals surface area contributed by atoms with Gasteiger partial charge in [-0.3, -0.25) is 0 Å². The normalized spacial score (nSPS) is 10.2. The van der Waals surface area contributed by atoms with Crippen molar-refractivity contribution in [2.75, 3.05) is 0 Å². The Labute approximate surface area is 93.3 Å². The van der Waals surface area contributed by atoms with Gasteiger partial charge in [0, 0.05) is 19.4 Å². The van der Waals surface area contributed by atoms with Crippen LogP contribution in [0, 0.1) is 11.3 Å². The van der Waals surface area contributed by atoms with Crippen LogP contribution in [-0.2, 0) is 20.1 Å². The minimum atomic E-state index is 0.341. The fourth-order valence-corrected chi connectivity index (χ4v) is 1.40. The van der Waals surface area contributed by atoms with E-state index in [1.165, 1.54) is 0 Å². The molecule has 82 valence electrons. The Kier molecular flexibility index (Phi) is 3.03. The predicted molar refractivity (Wildman–Crippen MR) is 57.2 cm³/mol. The summed E-state index contributed by atoms with van der Waals surface area (Å²) >= 11 is 0. The van der Waals surface area contributed by atoms with Gasteiger partial charge in [0.05, 0.1) is 13.1 Å². The van der Waals surface area contributed by atoms with E-state index in [1.807, 2.05) is 23.9 Å². The van der Waals surface area contributed by atoms with Gasteiger partial charge in [-0.15, -0.1) is 0 Å². The van der Waals surface area contributed by atoms with E-state index in [4.69, 9.17) is 9.68 Å². The van der Waals surface area contributed by atoms with Gasteiger partial charge in [-0.25, -0.2) is 4.98 Å². The van der Waals surface area contributed by atoms with Gasteiger partial charge in [0.1, 0.15) is 17.7 Å². The number of hydrogen-bond donors (Lipinski definition) is 1. The Morgan fingerprint density at radius 3 is 3.00 bits per heavy atom. The minimum Gasteiger partial charge on any atom is -0.449 e. The first-order chi connectivity index (χ1) is 7.79. The third kappa shape index (κ3) is 2.30. The Morgan fingerprint density at radius 2 is 2.38 bits per heavy atom. The van der Waals surface area contributed by atoms with Crippen LogP contribution in [0.4, 0.5) is 0 Å². The average Bonchev–Trinajstić information content (AvgIpc) is 2.89. The number of furan rings is 1. The smallest absolute Gasteiger partial charge is 0.203 e. The number of nitrogens with zero attached hydrogens (tertiary/aromatic N) is 3. The molecule has 0 saturated carbocycles. The van der Waals surface area contributed by atoms with Crippen LogP contribution in [0.1, 0.15) is 17.3 Å². The van der Waals surface area contributed by atoms with Gasteiger partial charge >= 0.3 is 0 Å². The second kappa shape index (κ2) is 4.64. The highest BCUT2D eigenvalue weighted by Gasteiger charge is 2.02. The van der Waals surface area contributed by atoms with Gasteiger partial charge in [-0.1, -0.05) is 0 Å². The zero-order valence-corrected chi connectivity index (χ0v) is 8.97. The highest BCUT2D eigenvalue weighted by molar-refractivity contribution is 5.18. The number of rotatable bonds is 4. The topological polar surface area (TPSA) is 66.8 Å². The molecule has 2 heterocycles. The van der Waals surface area contributed by atoms with Crippen molar-refractivity contribution in [3.05, 3.63) is 41.9 Å². The molecule has 0 aliphatic rings. The molecular formula is C11H12N4O. The first-order valence-electron chi connectivity index (χ1n) is 4.95. The molecular weight excluding hydrogens is 204 g/mol. The van der Waals surface area contributed by atoms with Crippen molar-refractivity contribution in [3.63, 3.8) is 0 Å². The molecule has 0 fully saturated rings. The Balaban J connectivity index is 1.85.